The molecule has 0 aliphatic rings. The second-order valence-corrected chi connectivity index (χ2v) is 4.55. The lowest BCUT2D eigenvalue weighted by molar-refractivity contribution is 0.503. The van der Waals surface area contributed by atoms with Crippen LogP contribution in [0.4, 0.5) is 4.39 Å². The Balaban J connectivity index is 2.04. The van der Waals surface area contributed by atoms with E-state index in [1.54, 1.807) is 12.3 Å². The van der Waals surface area contributed by atoms with Crippen LogP contribution in [0.5, 0.6) is 0 Å². The second kappa shape index (κ2) is 6.38. The average Bonchev–Trinajstić information content (AvgIpc) is 2.43. The third-order valence-corrected chi connectivity index (χ3v) is 3.20. The molecule has 3 nitrogen and oxygen atoms in total. The minimum atomic E-state index is -0.304. The fraction of sp³-hybridized carbons (Fsp3) is 0.333. The normalized spacial score (nSPS) is 12.4. The summed E-state index contributed by atoms with van der Waals surface area (Å²) in [6, 6.07) is 5.29. The van der Waals surface area contributed by atoms with Crippen molar-refractivity contribution in [3.05, 3.63) is 59.4 Å². The molecule has 0 radical (unpaired) electrons. The van der Waals surface area contributed by atoms with Crippen LogP contribution in [0.25, 0.3) is 0 Å². The Labute approximate surface area is 112 Å². The first-order valence-corrected chi connectivity index (χ1v) is 6.45. The van der Waals surface area contributed by atoms with Crippen LogP contribution in [0, 0.1) is 12.7 Å². The smallest absolute Gasteiger partial charge is 0.141 e. The van der Waals surface area contributed by atoms with Gasteiger partial charge in [-0.15, -0.1) is 0 Å². The van der Waals surface area contributed by atoms with Crippen molar-refractivity contribution in [2.75, 3.05) is 0 Å². The molecular weight excluding hydrogens is 241 g/mol. The van der Waals surface area contributed by atoms with Gasteiger partial charge in [0.25, 0.3) is 0 Å². The number of rotatable bonds is 5. The molecule has 0 aromatic carbocycles. The number of halogens is 1. The van der Waals surface area contributed by atoms with E-state index < -0.39 is 0 Å². The van der Waals surface area contributed by atoms with Crippen molar-refractivity contribution in [3.8, 4) is 0 Å². The van der Waals surface area contributed by atoms with E-state index in [1.165, 1.54) is 23.4 Å². The van der Waals surface area contributed by atoms with Gasteiger partial charge in [-0.2, -0.15) is 0 Å². The zero-order valence-corrected chi connectivity index (χ0v) is 11.2. The molecule has 0 bridgehead atoms. The third-order valence-electron chi connectivity index (χ3n) is 3.20. The molecule has 0 aliphatic carbocycles. The average molecular weight is 259 g/mol. The van der Waals surface area contributed by atoms with Crippen LogP contribution in [0.3, 0.4) is 0 Å². The monoisotopic (exact) mass is 259 g/mol. The number of hydrogen-bond acceptors (Lipinski definition) is 3. The van der Waals surface area contributed by atoms with Crippen molar-refractivity contribution in [3.63, 3.8) is 0 Å². The lowest BCUT2D eigenvalue weighted by Gasteiger charge is -2.17. The van der Waals surface area contributed by atoms with Gasteiger partial charge in [-0.3, -0.25) is 9.97 Å². The highest BCUT2D eigenvalue weighted by atomic mass is 19.1. The Morgan fingerprint density at radius 3 is 2.74 bits per heavy atom. The van der Waals surface area contributed by atoms with Crippen molar-refractivity contribution in [1.82, 2.24) is 15.3 Å². The summed E-state index contributed by atoms with van der Waals surface area (Å²) in [4.78, 5) is 8.26. The Kier molecular flexibility index (Phi) is 4.58. The van der Waals surface area contributed by atoms with Crippen molar-refractivity contribution >= 4 is 0 Å². The van der Waals surface area contributed by atoms with Gasteiger partial charge < -0.3 is 5.32 Å². The first-order chi connectivity index (χ1) is 9.20. The summed E-state index contributed by atoms with van der Waals surface area (Å²) in [5.74, 6) is -0.304. The number of nitrogens with one attached hydrogen (secondary N) is 1. The van der Waals surface area contributed by atoms with E-state index in [4.69, 9.17) is 0 Å². The fourth-order valence-corrected chi connectivity index (χ4v) is 1.97. The molecule has 2 aromatic heterocycles. The van der Waals surface area contributed by atoms with E-state index in [9.17, 15) is 4.39 Å². The number of hydrogen-bond donors (Lipinski definition) is 1. The molecule has 0 spiro atoms. The van der Waals surface area contributed by atoms with E-state index in [2.05, 4.69) is 29.1 Å². The van der Waals surface area contributed by atoms with Gasteiger partial charge in [0.05, 0.1) is 11.9 Å². The quantitative estimate of drug-likeness (QED) is 0.896. The maximum atomic E-state index is 12.9. The molecule has 0 amide bonds. The molecule has 19 heavy (non-hydrogen) atoms. The first kappa shape index (κ1) is 13.6. The van der Waals surface area contributed by atoms with Crippen molar-refractivity contribution in [2.45, 2.75) is 32.9 Å². The van der Waals surface area contributed by atoms with Gasteiger partial charge in [-0.25, -0.2) is 4.39 Å². The van der Waals surface area contributed by atoms with Gasteiger partial charge in [-0.1, -0.05) is 6.92 Å². The van der Waals surface area contributed by atoms with Crippen LogP contribution in [0.15, 0.2) is 36.8 Å². The number of pyridine rings is 2. The summed E-state index contributed by atoms with van der Waals surface area (Å²) in [6.07, 6.45) is 5.82. The molecule has 2 aromatic rings. The van der Waals surface area contributed by atoms with Crippen LogP contribution in [0.2, 0.25) is 0 Å². The standard InChI is InChI=1S/C15H18FN3/c1-3-14(15-5-4-13(16)10-19-15)18-9-12-8-17-7-6-11(12)2/h4-8,10,14,18H,3,9H2,1-2H3. The van der Waals surface area contributed by atoms with Gasteiger partial charge in [0, 0.05) is 25.0 Å². The lowest BCUT2D eigenvalue weighted by atomic mass is 10.1. The van der Waals surface area contributed by atoms with Gasteiger partial charge in [0.1, 0.15) is 5.82 Å². The second-order valence-electron chi connectivity index (χ2n) is 4.55. The molecular formula is C15H18FN3. The third kappa shape index (κ3) is 3.58. The number of aromatic nitrogens is 2. The maximum Gasteiger partial charge on any atom is 0.141 e. The van der Waals surface area contributed by atoms with Gasteiger partial charge in [0.2, 0.25) is 0 Å². The zero-order chi connectivity index (χ0) is 13.7. The van der Waals surface area contributed by atoms with Gasteiger partial charge >= 0.3 is 0 Å². The molecule has 1 atom stereocenters. The Morgan fingerprint density at radius 2 is 2.11 bits per heavy atom. The molecule has 2 heterocycles. The van der Waals surface area contributed by atoms with E-state index in [-0.39, 0.29) is 11.9 Å². The summed E-state index contributed by atoms with van der Waals surface area (Å²) in [5.41, 5.74) is 3.25. The summed E-state index contributed by atoms with van der Waals surface area (Å²) in [7, 11) is 0. The molecule has 0 aliphatic heterocycles. The van der Waals surface area contributed by atoms with Crippen LogP contribution in [0.1, 0.15) is 36.2 Å². The van der Waals surface area contributed by atoms with Crippen LogP contribution in [-0.2, 0) is 6.54 Å². The molecule has 0 saturated heterocycles. The molecule has 2 rings (SSSR count). The molecule has 100 valence electrons. The van der Waals surface area contributed by atoms with E-state index in [1.807, 2.05) is 12.3 Å². The number of nitrogens with zero attached hydrogens (tertiary/aromatic N) is 2. The van der Waals surface area contributed by atoms with E-state index >= 15 is 0 Å². The maximum absolute atomic E-state index is 12.9. The van der Waals surface area contributed by atoms with Crippen LogP contribution >= 0.6 is 0 Å². The van der Waals surface area contributed by atoms with E-state index in [0.29, 0.717) is 0 Å². The Morgan fingerprint density at radius 1 is 1.26 bits per heavy atom. The summed E-state index contributed by atoms with van der Waals surface area (Å²) in [5, 5.41) is 3.44. The lowest BCUT2D eigenvalue weighted by Crippen LogP contribution is -2.21. The predicted molar refractivity (Wildman–Crippen MR) is 73.0 cm³/mol. The van der Waals surface area contributed by atoms with Crippen LogP contribution < -0.4 is 5.32 Å². The first-order valence-electron chi connectivity index (χ1n) is 6.45. The predicted octanol–water partition coefficient (Wildman–Crippen LogP) is 3.17. The number of aryl methyl sites for hydroxylation is 1. The summed E-state index contributed by atoms with van der Waals surface area (Å²) >= 11 is 0. The van der Waals surface area contributed by atoms with Crippen molar-refractivity contribution < 1.29 is 4.39 Å². The largest absolute Gasteiger partial charge is 0.304 e. The van der Waals surface area contributed by atoms with Gasteiger partial charge in [-0.05, 0) is 42.7 Å². The molecule has 0 fully saturated rings. The van der Waals surface area contributed by atoms with Crippen LogP contribution in [-0.4, -0.2) is 9.97 Å². The van der Waals surface area contributed by atoms with Crippen molar-refractivity contribution in [2.24, 2.45) is 0 Å². The Bertz CT molecular complexity index is 525. The zero-order valence-electron chi connectivity index (χ0n) is 11.2. The summed E-state index contributed by atoms with van der Waals surface area (Å²) in [6.45, 7) is 4.88. The fourth-order valence-electron chi connectivity index (χ4n) is 1.97. The SMILES string of the molecule is CCC(NCc1cnccc1C)c1ccc(F)cn1. The highest BCUT2D eigenvalue weighted by Gasteiger charge is 2.10. The van der Waals surface area contributed by atoms with E-state index in [0.717, 1.165) is 18.7 Å². The molecule has 1 unspecified atom stereocenters. The minimum absolute atomic E-state index is 0.125. The van der Waals surface area contributed by atoms with Crippen molar-refractivity contribution in [1.29, 1.82) is 0 Å². The molecule has 0 saturated carbocycles. The van der Waals surface area contributed by atoms with Gasteiger partial charge in [0.15, 0.2) is 0 Å². The highest BCUT2D eigenvalue weighted by Crippen LogP contribution is 2.15. The molecule has 4 heteroatoms. The molecule has 1 N–H and O–H groups in total. The summed E-state index contributed by atoms with van der Waals surface area (Å²) < 4.78 is 12.9. The topological polar surface area (TPSA) is 37.8 Å². The highest BCUT2D eigenvalue weighted by molar-refractivity contribution is 5.21. The minimum Gasteiger partial charge on any atom is -0.304 e. The Hall–Kier alpha value is -1.81.